The Kier molecular flexibility index (Phi) is 6.27. The van der Waals surface area contributed by atoms with Gasteiger partial charge in [-0.25, -0.2) is 4.68 Å². The van der Waals surface area contributed by atoms with Gasteiger partial charge in [-0.1, -0.05) is 48.2 Å². The number of aromatic nitrogens is 2. The van der Waals surface area contributed by atoms with Crippen molar-refractivity contribution in [2.24, 2.45) is 0 Å². The fourth-order valence-electron chi connectivity index (χ4n) is 2.78. The quantitative estimate of drug-likeness (QED) is 0.575. The first-order valence-electron chi connectivity index (χ1n) is 8.42. The summed E-state index contributed by atoms with van der Waals surface area (Å²) in [5, 5.41) is 4.43. The van der Waals surface area contributed by atoms with E-state index in [1.807, 2.05) is 42.2 Å². The van der Waals surface area contributed by atoms with Crippen LogP contribution in [0.15, 0.2) is 34.7 Å². The molecule has 1 aliphatic heterocycles. The molecule has 1 aromatic carbocycles. The molecule has 8 heteroatoms. The van der Waals surface area contributed by atoms with Gasteiger partial charge in [-0.05, 0) is 37.8 Å². The number of piperazine rings is 1. The molecule has 3 rings (SSSR count). The monoisotopic (exact) mass is 394 g/mol. The van der Waals surface area contributed by atoms with Gasteiger partial charge in [0, 0.05) is 26.2 Å². The molecule has 0 saturated carbocycles. The zero-order chi connectivity index (χ0) is 17.8. The Morgan fingerprint density at radius 3 is 2.60 bits per heavy atom. The summed E-state index contributed by atoms with van der Waals surface area (Å²) < 4.78 is 3.30. The molecular weight excluding hydrogens is 372 g/mol. The van der Waals surface area contributed by atoms with Gasteiger partial charge >= 0.3 is 0 Å². The van der Waals surface area contributed by atoms with Crippen LogP contribution in [0.25, 0.3) is 5.69 Å². The number of carbonyl (C=O) groups excluding carboxylic acids is 1. The van der Waals surface area contributed by atoms with Gasteiger partial charge in [-0.3, -0.25) is 4.79 Å². The maximum atomic E-state index is 12.7. The molecule has 0 bridgehead atoms. The van der Waals surface area contributed by atoms with Crippen molar-refractivity contribution in [2.75, 3.05) is 32.7 Å². The lowest BCUT2D eigenvalue weighted by Gasteiger charge is -2.35. The third-order valence-electron chi connectivity index (χ3n) is 4.29. The van der Waals surface area contributed by atoms with E-state index in [1.54, 1.807) is 4.68 Å². The molecule has 0 spiro atoms. The van der Waals surface area contributed by atoms with E-state index in [0.29, 0.717) is 3.95 Å². The van der Waals surface area contributed by atoms with E-state index in [-0.39, 0.29) is 11.2 Å². The van der Waals surface area contributed by atoms with Crippen LogP contribution in [-0.2, 0) is 4.79 Å². The Bertz CT molecular complexity index is 766. The van der Waals surface area contributed by atoms with Crippen molar-refractivity contribution in [3.63, 3.8) is 0 Å². The number of rotatable bonds is 5. The molecule has 0 aliphatic carbocycles. The maximum absolute atomic E-state index is 12.7. The van der Waals surface area contributed by atoms with E-state index in [2.05, 4.69) is 16.9 Å². The Hall–Kier alpha value is -1.22. The summed E-state index contributed by atoms with van der Waals surface area (Å²) in [6.07, 6.45) is 0. The van der Waals surface area contributed by atoms with Gasteiger partial charge in [-0.2, -0.15) is 0 Å². The highest BCUT2D eigenvalue weighted by atomic mass is 32.2. The largest absolute Gasteiger partial charge is 0.339 e. The second-order valence-electron chi connectivity index (χ2n) is 5.90. The summed E-state index contributed by atoms with van der Waals surface area (Å²) in [4.78, 5) is 17.0. The van der Waals surface area contributed by atoms with Gasteiger partial charge in [0.15, 0.2) is 8.29 Å². The van der Waals surface area contributed by atoms with E-state index in [1.165, 1.54) is 23.1 Å². The number of hydrogen-bond donors (Lipinski definition) is 0. The summed E-state index contributed by atoms with van der Waals surface area (Å²) in [7, 11) is 0. The molecule has 1 fully saturated rings. The number of para-hydroxylation sites is 1. The summed E-state index contributed by atoms with van der Waals surface area (Å²) in [6, 6.07) is 9.85. The van der Waals surface area contributed by atoms with Crippen LogP contribution in [0, 0.1) is 3.95 Å². The molecule has 1 aliphatic rings. The average molecular weight is 395 g/mol. The van der Waals surface area contributed by atoms with E-state index >= 15 is 0 Å². The Labute approximate surface area is 161 Å². The zero-order valence-electron chi connectivity index (χ0n) is 14.4. The molecule has 1 saturated heterocycles. The van der Waals surface area contributed by atoms with Crippen LogP contribution in [0.4, 0.5) is 0 Å². The summed E-state index contributed by atoms with van der Waals surface area (Å²) >= 11 is 8.38. The number of nitrogens with zero attached hydrogens (tertiary/aromatic N) is 4. The van der Waals surface area contributed by atoms with Gasteiger partial charge in [0.25, 0.3) is 0 Å². The van der Waals surface area contributed by atoms with Gasteiger partial charge in [0.2, 0.25) is 5.91 Å². The van der Waals surface area contributed by atoms with Crippen LogP contribution in [-0.4, -0.2) is 63.5 Å². The Morgan fingerprint density at radius 1 is 1.28 bits per heavy atom. The number of benzene rings is 1. The second-order valence-corrected chi connectivity index (χ2v) is 9.11. The lowest BCUT2D eigenvalue weighted by Crippen LogP contribution is -2.50. The molecule has 1 amide bonds. The predicted octanol–water partition coefficient (Wildman–Crippen LogP) is 3.31. The van der Waals surface area contributed by atoms with Crippen LogP contribution >= 0.6 is 35.3 Å². The molecule has 2 heterocycles. The second kappa shape index (κ2) is 8.44. The van der Waals surface area contributed by atoms with E-state index in [0.717, 1.165) is 42.8 Å². The minimum atomic E-state index is -0.155. The zero-order valence-corrected chi connectivity index (χ0v) is 16.9. The predicted molar refractivity (Wildman–Crippen MR) is 106 cm³/mol. The lowest BCUT2D eigenvalue weighted by atomic mass is 10.3. The molecule has 2 aromatic rings. The standard InChI is InChI=1S/C17H22N4OS3/c1-3-19-9-11-20(12-10-19)15(22)13(2)24-16-18-21(17(23)25-16)14-7-5-4-6-8-14/h4-8,13H,3,9-12H2,1-2H3/t13-/m0/s1. The van der Waals surface area contributed by atoms with Crippen LogP contribution < -0.4 is 0 Å². The molecule has 1 aromatic heterocycles. The van der Waals surface area contributed by atoms with Gasteiger partial charge in [0.05, 0.1) is 10.9 Å². The third kappa shape index (κ3) is 4.49. The first-order chi connectivity index (χ1) is 12.1. The molecule has 25 heavy (non-hydrogen) atoms. The highest BCUT2D eigenvalue weighted by molar-refractivity contribution is 8.02. The minimum absolute atomic E-state index is 0.155. The molecule has 0 N–H and O–H groups in total. The number of likely N-dealkylation sites (N-methyl/N-ethyl adjacent to an activating group) is 1. The van der Waals surface area contributed by atoms with Crippen LogP contribution in [0.2, 0.25) is 0 Å². The van der Waals surface area contributed by atoms with Crippen molar-refractivity contribution < 1.29 is 4.79 Å². The Balaban J connectivity index is 1.64. The molecular formula is C17H22N4OS3. The third-order valence-corrected chi connectivity index (χ3v) is 6.69. The molecule has 0 unspecified atom stereocenters. The minimum Gasteiger partial charge on any atom is -0.339 e. The topological polar surface area (TPSA) is 41.4 Å². The summed E-state index contributed by atoms with van der Waals surface area (Å²) in [6.45, 7) is 8.70. The highest BCUT2D eigenvalue weighted by Crippen LogP contribution is 2.28. The van der Waals surface area contributed by atoms with E-state index in [9.17, 15) is 4.79 Å². The maximum Gasteiger partial charge on any atom is 0.235 e. The number of carbonyl (C=O) groups is 1. The van der Waals surface area contributed by atoms with Crippen LogP contribution in [0.5, 0.6) is 0 Å². The Morgan fingerprint density at radius 2 is 1.96 bits per heavy atom. The number of amides is 1. The van der Waals surface area contributed by atoms with Crippen molar-refractivity contribution in [3.8, 4) is 5.69 Å². The van der Waals surface area contributed by atoms with Crippen molar-refractivity contribution >= 4 is 41.2 Å². The summed E-state index contributed by atoms with van der Waals surface area (Å²) in [5.41, 5.74) is 0.949. The normalized spacial score (nSPS) is 16.8. The average Bonchev–Trinajstić information content (AvgIpc) is 3.02. The molecule has 1 atom stereocenters. The SMILES string of the molecule is CCN1CCN(C(=O)[C@H](C)Sc2nn(-c3ccccc3)c(=S)s2)CC1. The van der Waals surface area contributed by atoms with E-state index in [4.69, 9.17) is 12.2 Å². The fourth-order valence-corrected chi connectivity index (χ4v) is 5.37. The lowest BCUT2D eigenvalue weighted by molar-refractivity contribution is -0.132. The van der Waals surface area contributed by atoms with Gasteiger partial charge in [-0.15, -0.1) is 5.10 Å². The van der Waals surface area contributed by atoms with Gasteiger partial charge < -0.3 is 9.80 Å². The van der Waals surface area contributed by atoms with E-state index < -0.39 is 0 Å². The van der Waals surface area contributed by atoms with Crippen molar-refractivity contribution in [1.82, 2.24) is 19.6 Å². The fraction of sp³-hybridized carbons (Fsp3) is 0.471. The molecule has 0 radical (unpaired) electrons. The first kappa shape index (κ1) is 18.6. The van der Waals surface area contributed by atoms with Crippen LogP contribution in [0.3, 0.4) is 0 Å². The molecule has 134 valence electrons. The van der Waals surface area contributed by atoms with Crippen molar-refractivity contribution in [3.05, 3.63) is 34.3 Å². The highest BCUT2D eigenvalue weighted by Gasteiger charge is 2.26. The smallest absolute Gasteiger partial charge is 0.235 e. The first-order valence-corrected chi connectivity index (χ1v) is 10.5. The van der Waals surface area contributed by atoms with Crippen molar-refractivity contribution in [1.29, 1.82) is 0 Å². The number of thioether (sulfide) groups is 1. The molecule has 5 nitrogen and oxygen atoms in total. The van der Waals surface area contributed by atoms with Gasteiger partial charge in [0.1, 0.15) is 0 Å². The van der Waals surface area contributed by atoms with Crippen molar-refractivity contribution in [2.45, 2.75) is 23.4 Å². The number of hydrogen-bond acceptors (Lipinski definition) is 6. The van der Waals surface area contributed by atoms with Crippen LogP contribution in [0.1, 0.15) is 13.8 Å². The summed E-state index contributed by atoms with van der Waals surface area (Å²) in [5.74, 6) is 0.188.